The Balaban J connectivity index is 1.95. The number of nitriles is 1. The Labute approximate surface area is 109 Å². The fraction of sp³-hybridized carbons (Fsp3) is 0. The first-order valence-electron chi connectivity index (χ1n) is 5.58. The van der Waals surface area contributed by atoms with Gasteiger partial charge in [0.25, 0.3) is 0 Å². The Morgan fingerprint density at radius 3 is 2.63 bits per heavy atom. The summed E-state index contributed by atoms with van der Waals surface area (Å²) < 4.78 is 0. The largest absolute Gasteiger partial charge is 0.264 e. The van der Waals surface area contributed by atoms with Crippen molar-refractivity contribution in [2.45, 2.75) is 0 Å². The van der Waals surface area contributed by atoms with Gasteiger partial charge in [-0.1, -0.05) is 0 Å². The molecule has 3 aromatic rings. The summed E-state index contributed by atoms with van der Waals surface area (Å²) in [4.78, 5) is 5.43. The van der Waals surface area contributed by atoms with E-state index in [1.807, 2.05) is 12.1 Å². The molecule has 0 bridgehead atoms. The van der Waals surface area contributed by atoms with Crippen molar-refractivity contribution in [3.8, 4) is 23.1 Å². The highest BCUT2D eigenvalue weighted by molar-refractivity contribution is 5.51. The van der Waals surface area contributed by atoms with Crippen LogP contribution in [-0.2, 0) is 0 Å². The highest BCUT2D eigenvalue weighted by Gasteiger charge is 2.06. The van der Waals surface area contributed by atoms with Crippen molar-refractivity contribution >= 4 is 0 Å². The molecule has 3 rings (SSSR count). The zero-order valence-corrected chi connectivity index (χ0v) is 9.80. The normalized spacial score (nSPS) is 10.1. The smallest absolute Gasteiger partial charge is 0.206 e. The summed E-state index contributed by atoms with van der Waals surface area (Å²) in [7, 11) is 0. The second kappa shape index (κ2) is 4.66. The van der Waals surface area contributed by atoms with E-state index in [9.17, 15) is 0 Å². The fourth-order valence-corrected chi connectivity index (χ4v) is 1.60. The van der Waals surface area contributed by atoms with Crippen LogP contribution in [0.25, 0.3) is 17.1 Å². The summed E-state index contributed by atoms with van der Waals surface area (Å²) in [6, 6.07) is 12.7. The van der Waals surface area contributed by atoms with Gasteiger partial charge in [-0.3, -0.25) is 4.98 Å². The molecule has 90 valence electrons. The Morgan fingerprint density at radius 1 is 1.11 bits per heavy atom. The molecule has 0 spiro atoms. The van der Waals surface area contributed by atoms with Crippen LogP contribution in [0.1, 0.15) is 5.56 Å². The van der Waals surface area contributed by atoms with Gasteiger partial charge in [0.1, 0.15) is 0 Å². The minimum Gasteiger partial charge on any atom is -0.264 e. The van der Waals surface area contributed by atoms with Gasteiger partial charge in [0.15, 0.2) is 0 Å². The number of hydrogen-bond acceptors (Lipinski definition) is 5. The summed E-state index contributed by atoms with van der Waals surface area (Å²) in [6.07, 6.45) is 3.37. The minimum absolute atomic E-state index is 0.512. The van der Waals surface area contributed by atoms with Gasteiger partial charge in [-0.05, 0) is 41.6 Å². The first-order chi connectivity index (χ1) is 9.36. The fourth-order valence-electron chi connectivity index (χ4n) is 1.60. The predicted octanol–water partition coefficient (Wildman–Crippen LogP) is 1.60. The first kappa shape index (κ1) is 11.0. The summed E-state index contributed by atoms with van der Waals surface area (Å²) in [5.74, 6) is 0.512. The van der Waals surface area contributed by atoms with Crippen molar-refractivity contribution in [3.05, 3.63) is 54.4 Å². The number of benzene rings is 1. The minimum atomic E-state index is 0.512. The molecule has 0 amide bonds. The van der Waals surface area contributed by atoms with Crippen LogP contribution in [0.15, 0.2) is 48.8 Å². The third kappa shape index (κ3) is 2.17. The van der Waals surface area contributed by atoms with E-state index >= 15 is 0 Å². The Morgan fingerprint density at radius 2 is 1.95 bits per heavy atom. The standard InChI is InChI=1S/C13H8N6/c14-8-10-3-5-12(6-4-10)19-17-13(16-18-19)11-2-1-7-15-9-11/h1-7,9H. The predicted molar refractivity (Wildman–Crippen MR) is 67.1 cm³/mol. The number of pyridine rings is 1. The topological polar surface area (TPSA) is 80.3 Å². The SMILES string of the molecule is N#Cc1ccc(-n2nnc(-c3cccnc3)n2)cc1. The quantitative estimate of drug-likeness (QED) is 0.688. The molecule has 0 saturated heterocycles. The molecule has 6 heteroatoms. The number of rotatable bonds is 2. The van der Waals surface area contributed by atoms with Gasteiger partial charge in [0.05, 0.1) is 17.3 Å². The zero-order valence-electron chi connectivity index (χ0n) is 9.80. The number of tetrazole rings is 1. The third-order valence-corrected chi connectivity index (χ3v) is 2.56. The van der Waals surface area contributed by atoms with Crippen molar-refractivity contribution in [1.82, 2.24) is 25.2 Å². The molecule has 0 aliphatic rings. The van der Waals surface area contributed by atoms with Crippen molar-refractivity contribution in [2.75, 3.05) is 0 Å². The van der Waals surface area contributed by atoms with Crippen molar-refractivity contribution in [3.63, 3.8) is 0 Å². The molecule has 1 aromatic carbocycles. The second-order valence-electron chi connectivity index (χ2n) is 3.80. The lowest BCUT2D eigenvalue weighted by molar-refractivity contribution is 0.720. The van der Waals surface area contributed by atoms with E-state index in [-0.39, 0.29) is 0 Å². The summed E-state index contributed by atoms with van der Waals surface area (Å²) in [6.45, 7) is 0. The van der Waals surface area contributed by atoms with E-state index in [1.54, 1.807) is 36.7 Å². The molecule has 0 N–H and O–H groups in total. The highest BCUT2D eigenvalue weighted by Crippen LogP contribution is 2.13. The summed E-state index contributed by atoms with van der Waals surface area (Å²) in [5, 5.41) is 21.0. The average Bonchev–Trinajstić information content (AvgIpc) is 2.98. The van der Waals surface area contributed by atoms with Gasteiger partial charge >= 0.3 is 0 Å². The number of nitrogens with zero attached hydrogens (tertiary/aromatic N) is 6. The molecule has 0 unspecified atom stereocenters. The third-order valence-electron chi connectivity index (χ3n) is 2.56. The van der Waals surface area contributed by atoms with Crippen LogP contribution >= 0.6 is 0 Å². The molecule has 0 aliphatic carbocycles. The van der Waals surface area contributed by atoms with Crippen LogP contribution in [0.4, 0.5) is 0 Å². The highest BCUT2D eigenvalue weighted by atomic mass is 15.6. The van der Waals surface area contributed by atoms with Gasteiger partial charge in [-0.2, -0.15) is 5.26 Å². The number of aromatic nitrogens is 5. The van der Waals surface area contributed by atoms with Crippen molar-refractivity contribution in [1.29, 1.82) is 5.26 Å². The summed E-state index contributed by atoms with van der Waals surface area (Å²) in [5.41, 5.74) is 2.15. The van der Waals surface area contributed by atoms with Crippen LogP contribution in [0, 0.1) is 11.3 Å². The Kier molecular flexibility index (Phi) is 2.71. The van der Waals surface area contributed by atoms with Crippen LogP contribution in [0.3, 0.4) is 0 Å². The molecule has 2 heterocycles. The maximum atomic E-state index is 8.74. The van der Waals surface area contributed by atoms with E-state index in [1.165, 1.54) is 4.80 Å². The van der Waals surface area contributed by atoms with Crippen LogP contribution in [-0.4, -0.2) is 25.2 Å². The van der Waals surface area contributed by atoms with E-state index < -0.39 is 0 Å². The number of hydrogen-bond donors (Lipinski definition) is 0. The van der Waals surface area contributed by atoms with Gasteiger partial charge in [-0.25, -0.2) is 0 Å². The first-order valence-corrected chi connectivity index (χ1v) is 5.58. The second-order valence-corrected chi connectivity index (χ2v) is 3.80. The van der Waals surface area contributed by atoms with Crippen LogP contribution < -0.4 is 0 Å². The lowest BCUT2D eigenvalue weighted by Crippen LogP contribution is -1.98. The molecule has 0 radical (unpaired) electrons. The Bertz CT molecular complexity index is 724. The molecule has 0 fully saturated rings. The lowest BCUT2D eigenvalue weighted by atomic mass is 10.2. The van der Waals surface area contributed by atoms with E-state index in [4.69, 9.17) is 5.26 Å². The molecule has 0 aliphatic heterocycles. The van der Waals surface area contributed by atoms with Crippen molar-refractivity contribution in [2.24, 2.45) is 0 Å². The molecule has 0 saturated carbocycles. The van der Waals surface area contributed by atoms with Crippen molar-refractivity contribution < 1.29 is 0 Å². The van der Waals surface area contributed by atoms with Gasteiger partial charge in [-0.15, -0.1) is 15.0 Å². The van der Waals surface area contributed by atoms with Gasteiger partial charge in [0.2, 0.25) is 5.82 Å². The molecule has 0 atom stereocenters. The van der Waals surface area contributed by atoms with Crippen LogP contribution in [0.5, 0.6) is 0 Å². The average molecular weight is 248 g/mol. The van der Waals surface area contributed by atoms with E-state index in [2.05, 4.69) is 26.5 Å². The maximum Gasteiger partial charge on any atom is 0.206 e. The monoisotopic (exact) mass is 248 g/mol. The Hall–Kier alpha value is -3.07. The molecular formula is C13H8N6. The lowest BCUT2D eigenvalue weighted by Gasteiger charge is -1.97. The summed E-state index contributed by atoms with van der Waals surface area (Å²) >= 11 is 0. The molecular weight excluding hydrogens is 240 g/mol. The molecule has 2 aromatic heterocycles. The van der Waals surface area contributed by atoms with E-state index in [0.29, 0.717) is 11.4 Å². The molecule has 19 heavy (non-hydrogen) atoms. The zero-order chi connectivity index (χ0) is 13.1. The maximum absolute atomic E-state index is 8.74. The van der Waals surface area contributed by atoms with Gasteiger partial charge in [0, 0.05) is 18.0 Å². The van der Waals surface area contributed by atoms with Crippen LogP contribution in [0.2, 0.25) is 0 Å². The van der Waals surface area contributed by atoms with Gasteiger partial charge < -0.3 is 0 Å². The molecule has 6 nitrogen and oxygen atoms in total. The van der Waals surface area contributed by atoms with E-state index in [0.717, 1.165) is 11.3 Å².